The van der Waals surface area contributed by atoms with Crippen LogP contribution in [0.1, 0.15) is 40.7 Å². The number of halogens is 9. The van der Waals surface area contributed by atoms with Crippen molar-refractivity contribution in [2.24, 2.45) is 5.92 Å². The van der Waals surface area contributed by atoms with E-state index in [1.165, 1.54) is 0 Å². The summed E-state index contributed by atoms with van der Waals surface area (Å²) in [5, 5.41) is 2.35. The number of piperidine rings is 1. The Morgan fingerprint density at radius 1 is 0.917 bits per heavy atom. The second-order valence-electron chi connectivity index (χ2n) is 8.37. The highest BCUT2D eigenvalue weighted by atomic mass is 32.2. The van der Waals surface area contributed by atoms with E-state index in [0.717, 1.165) is 0 Å². The molecule has 1 heterocycles. The summed E-state index contributed by atoms with van der Waals surface area (Å²) in [5.74, 6) is -2.28. The molecule has 1 aliphatic rings. The van der Waals surface area contributed by atoms with Crippen molar-refractivity contribution in [3.8, 4) is 0 Å². The molecule has 0 saturated carbocycles. The average Bonchev–Trinajstić information content (AvgIpc) is 2.75. The Morgan fingerprint density at radius 2 is 1.44 bits per heavy atom. The third kappa shape index (κ3) is 10.1. The topological polar surface area (TPSA) is 78.5 Å². The highest BCUT2D eigenvalue weighted by molar-refractivity contribution is 7.89. The maximum Gasteiger partial charge on any atom is 0.416 e. The lowest BCUT2D eigenvalue weighted by molar-refractivity contribution is -0.143. The molecular formula is C20H24F9N3O3S. The number of alkyl halides is 9. The van der Waals surface area contributed by atoms with E-state index in [9.17, 15) is 52.7 Å². The summed E-state index contributed by atoms with van der Waals surface area (Å²) in [5.41, 5.74) is -3.96. The number of hydrogen-bond donors (Lipinski definition) is 2. The van der Waals surface area contributed by atoms with Crippen LogP contribution < -0.4 is 10.0 Å². The minimum absolute atomic E-state index is 0.00828. The van der Waals surface area contributed by atoms with Gasteiger partial charge in [0.25, 0.3) is 5.91 Å². The molecule has 206 valence electrons. The second kappa shape index (κ2) is 11.5. The van der Waals surface area contributed by atoms with Gasteiger partial charge in [0.15, 0.2) is 0 Å². The first-order valence-corrected chi connectivity index (χ1v) is 12.3. The van der Waals surface area contributed by atoms with Crippen molar-refractivity contribution >= 4 is 15.9 Å². The van der Waals surface area contributed by atoms with Crippen molar-refractivity contribution < 1.29 is 52.7 Å². The molecule has 1 aliphatic heterocycles. The lowest BCUT2D eigenvalue weighted by Gasteiger charge is -2.32. The van der Waals surface area contributed by atoms with Gasteiger partial charge in [0, 0.05) is 25.2 Å². The van der Waals surface area contributed by atoms with Crippen molar-refractivity contribution in [2.75, 3.05) is 38.5 Å². The van der Waals surface area contributed by atoms with Crippen LogP contribution in [0, 0.1) is 5.92 Å². The zero-order valence-electron chi connectivity index (χ0n) is 18.7. The van der Waals surface area contributed by atoms with E-state index in [-0.39, 0.29) is 31.6 Å². The predicted molar refractivity (Wildman–Crippen MR) is 110 cm³/mol. The Balaban J connectivity index is 1.82. The van der Waals surface area contributed by atoms with Gasteiger partial charge >= 0.3 is 18.5 Å². The molecule has 1 aromatic rings. The second-order valence-corrected chi connectivity index (χ2v) is 10.3. The van der Waals surface area contributed by atoms with Crippen LogP contribution in [0.3, 0.4) is 0 Å². The fraction of sp³-hybridized carbons (Fsp3) is 0.650. The third-order valence-electron chi connectivity index (χ3n) is 5.51. The standard InChI is InChI=1S/C20H24F9N3O3S/c21-18(22,23)3-8-36(34,35)31-4-7-32-5-1-13(2-6-32)12-30-17(33)14-9-15(19(24,25)26)11-16(10-14)20(27,28)29/h9-11,13,31H,1-8,12H2,(H,30,33). The van der Waals surface area contributed by atoms with E-state index < -0.39 is 63.3 Å². The fourth-order valence-electron chi connectivity index (χ4n) is 3.52. The Kier molecular flexibility index (Phi) is 9.67. The number of sulfonamides is 1. The van der Waals surface area contributed by atoms with Gasteiger partial charge in [0.2, 0.25) is 10.0 Å². The summed E-state index contributed by atoms with van der Waals surface area (Å²) in [6.07, 6.45) is -15.2. The lowest BCUT2D eigenvalue weighted by Crippen LogP contribution is -2.42. The largest absolute Gasteiger partial charge is 0.416 e. The maximum atomic E-state index is 13.0. The minimum atomic E-state index is -5.07. The Morgan fingerprint density at radius 3 is 1.92 bits per heavy atom. The third-order valence-corrected chi connectivity index (χ3v) is 6.90. The number of rotatable bonds is 9. The Labute approximate surface area is 201 Å². The van der Waals surface area contributed by atoms with Crippen LogP contribution >= 0.6 is 0 Å². The zero-order valence-corrected chi connectivity index (χ0v) is 19.5. The molecule has 1 amide bonds. The minimum Gasteiger partial charge on any atom is -0.352 e. The van der Waals surface area contributed by atoms with Gasteiger partial charge in [-0.25, -0.2) is 13.1 Å². The van der Waals surface area contributed by atoms with Crippen LogP contribution in [0.5, 0.6) is 0 Å². The highest BCUT2D eigenvalue weighted by Crippen LogP contribution is 2.36. The number of carbonyl (C=O) groups excluding carboxylic acids is 1. The number of nitrogens with one attached hydrogen (secondary N) is 2. The van der Waals surface area contributed by atoms with Crippen molar-refractivity contribution in [2.45, 2.75) is 37.8 Å². The van der Waals surface area contributed by atoms with Gasteiger partial charge in [-0.05, 0) is 50.0 Å². The van der Waals surface area contributed by atoms with Gasteiger partial charge < -0.3 is 10.2 Å². The van der Waals surface area contributed by atoms with E-state index in [1.54, 1.807) is 0 Å². The van der Waals surface area contributed by atoms with Gasteiger partial charge in [0.1, 0.15) is 0 Å². The van der Waals surface area contributed by atoms with Gasteiger partial charge in [-0.1, -0.05) is 0 Å². The number of benzene rings is 1. The number of nitrogens with zero attached hydrogens (tertiary/aromatic N) is 1. The van der Waals surface area contributed by atoms with E-state index in [2.05, 4.69) is 10.0 Å². The average molecular weight is 557 g/mol. The number of hydrogen-bond acceptors (Lipinski definition) is 4. The Bertz CT molecular complexity index is 968. The molecule has 1 fully saturated rings. The monoisotopic (exact) mass is 557 g/mol. The van der Waals surface area contributed by atoms with Gasteiger partial charge in [0.05, 0.1) is 23.3 Å². The summed E-state index contributed by atoms with van der Waals surface area (Å²) >= 11 is 0. The summed E-state index contributed by atoms with van der Waals surface area (Å²) in [6.45, 7) is 1.04. The highest BCUT2D eigenvalue weighted by Gasteiger charge is 2.37. The molecule has 0 spiro atoms. The van der Waals surface area contributed by atoms with Crippen molar-refractivity contribution in [3.05, 3.63) is 34.9 Å². The van der Waals surface area contributed by atoms with Crippen LogP contribution in [-0.4, -0.2) is 63.9 Å². The molecule has 2 N–H and O–H groups in total. The lowest BCUT2D eigenvalue weighted by atomic mass is 9.96. The summed E-state index contributed by atoms with van der Waals surface area (Å²) in [7, 11) is -4.08. The van der Waals surface area contributed by atoms with Crippen molar-refractivity contribution in [1.82, 2.24) is 14.9 Å². The molecule has 0 unspecified atom stereocenters. The number of amides is 1. The van der Waals surface area contributed by atoms with Gasteiger partial charge in [-0.2, -0.15) is 39.5 Å². The molecular weight excluding hydrogens is 533 g/mol. The maximum absolute atomic E-state index is 13.0. The molecule has 1 saturated heterocycles. The van der Waals surface area contributed by atoms with E-state index >= 15 is 0 Å². The van der Waals surface area contributed by atoms with Gasteiger partial charge in [-0.15, -0.1) is 0 Å². The van der Waals surface area contributed by atoms with Crippen LogP contribution in [-0.2, 0) is 22.4 Å². The molecule has 6 nitrogen and oxygen atoms in total. The van der Waals surface area contributed by atoms with Crippen LogP contribution in [0.25, 0.3) is 0 Å². The molecule has 0 radical (unpaired) electrons. The van der Waals surface area contributed by atoms with E-state index in [1.807, 2.05) is 4.90 Å². The molecule has 0 aliphatic carbocycles. The van der Waals surface area contributed by atoms with E-state index in [4.69, 9.17) is 0 Å². The van der Waals surface area contributed by atoms with Crippen molar-refractivity contribution in [3.63, 3.8) is 0 Å². The SMILES string of the molecule is O=C(NCC1CCN(CCNS(=O)(=O)CCC(F)(F)F)CC1)c1cc(C(F)(F)F)cc(C(F)(F)F)c1. The van der Waals surface area contributed by atoms with E-state index in [0.29, 0.717) is 38.1 Å². The quantitative estimate of drug-likeness (QED) is 0.450. The summed E-state index contributed by atoms with van der Waals surface area (Å²) in [4.78, 5) is 14.1. The smallest absolute Gasteiger partial charge is 0.352 e. The van der Waals surface area contributed by atoms with Crippen LogP contribution in [0.2, 0.25) is 0 Å². The fourth-order valence-corrected chi connectivity index (χ4v) is 4.57. The predicted octanol–water partition coefficient (Wildman–Crippen LogP) is 4.04. The molecule has 2 rings (SSSR count). The molecule has 0 aromatic heterocycles. The number of carbonyl (C=O) groups is 1. The van der Waals surface area contributed by atoms with Crippen LogP contribution in [0.4, 0.5) is 39.5 Å². The van der Waals surface area contributed by atoms with Crippen molar-refractivity contribution in [1.29, 1.82) is 0 Å². The molecule has 0 atom stereocenters. The summed E-state index contributed by atoms with van der Waals surface area (Å²) < 4.78 is 140. The first kappa shape index (κ1) is 30.2. The van der Waals surface area contributed by atoms with Crippen LogP contribution in [0.15, 0.2) is 18.2 Å². The zero-order chi connectivity index (χ0) is 27.4. The molecule has 0 bridgehead atoms. The first-order chi connectivity index (χ1) is 16.4. The molecule has 36 heavy (non-hydrogen) atoms. The molecule has 1 aromatic carbocycles. The molecule has 16 heteroatoms. The number of likely N-dealkylation sites (tertiary alicyclic amines) is 1. The summed E-state index contributed by atoms with van der Waals surface area (Å²) in [6, 6.07) is 0.634. The normalized spacial score (nSPS) is 16.8. The first-order valence-electron chi connectivity index (χ1n) is 10.7. The van der Waals surface area contributed by atoms with Gasteiger partial charge in [-0.3, -0.25) is 4.79 Å². The Hall–Kier alpha value is -2.07.